The smallest absolute Gasteiger partial charge is 0.179 e. The molecule has 2 aliphatic carbocycles. The van der Waals surface area contributed by atoms with E-state index in [2.05, 4.69) is 20.1 Å². The molecule has 164 valence electrons. The van der Waals surface area contributed by atoms with Gasteiger partial charge in [-0.25, -0.2) is 18.4 Å². The maximum atomic E-state index is 12.9. The Hall–Kier alpha value is -3.25. The number of H-pyrrole nitrogens is 1. The summed E-state index contributed by atoms with van der Waals surface area (Å²) in [5, 5.41) is 14.8. The van der Waals surface area contributed by atoms with Gasteiger partial charge in [-0.2, -0.15) is 10.4 Å². The summed E-state index contributed by atoms with van der Waals surface area (Å²) in [6.07, 6.45) is 15.5. The van der Waals surface area contributed by atoms with Crippen LogP contribution < -0.4 is 0 Å². The highest BCUT2D eigenvalue weighted by atomic mass is 32.2. The van der Waals surface area contributed by atoms with E-state index in [1.165, 1.54) is 0 Å². The maximum absolute atomic E-state index is 12.9. The number of aromatic amines is 1. The Morgan fingerprint density at radius 2 is 1.97 bits per heavy atom. The van der Waals surface area contributed by atoms with Crippen molar-refractivity contribution in [1.29, 1.82) is 5.26 Å². The van der Waals surface area contributed by atoms with Crippen LogP contribution >= 0.6 is 0 Å². The topological polar surface area (TPSA) is 117 Å². The van der Waals surface area contributed by atoms with Crippen LogP contribution in [0.15, 0.2) is 53.6 Å². The first-order valence-electron chi connectivity index (χ1n) is 10.9. The van der Waals surface area contributed by atoms with Crippen molar-refractivity contribution in [2.45, 2.75) is 44.6 Å². The molecule has 0 saturated heterocycles. The first kappa shape index (κ1) is 20.6. The predicted molar refractivity (Wildman–Crippen MR) is 121 cm³/mol. The molecule has 32 heavy (non-hydrogen) atoms. The van der Waals surface area contributed by atoms with Crippen molar-refractivity contribution < 1.29 is 8.42 Å². The number of hydrogen-bond donors (Lipinski definition) is 1. The van der Waals surface area contributed by atoms with E-state index >= 15 is 0 Å². The summed E-state index contributed by atoms with van der Waals surface area (Å²) in [6.45, 7) is 0. The van der Waals surface area contributed by atoms with Crippen LogP contribution in [0.1, 0.15) is 44.6 Å². The van der Waals surface area contributed by atoms with Crippen LogP contribution in [0.4, 0.5) is 0 Å². The lowest BCUT2D eigenvalue weighted by Gasteiger charge is -2.29. The summed E-state index contributed by atoms with van der Waals surface area (Å²) in [4.78, 5) is 12.0. The zero-order valence-electron chi connectivity index (χ0n) is 17.6. The van der Waals surface area contributed by atoms with Gasteiger partial charge in [0.1, 0.15) is 18.0 Å². The highest BCUT2D eigenvalue weighted by Gasteiger charge is 2.30. The number of aromatic nitrogens is 5. The van der Waals surface area contributed by atoms with Crippen molar-refractivity contribution in [2.24, 2.45) is 5.92 Å². The lowest BCUT2D eigenvalue weighted by Crippen LogP contribution is -2.25. The Morgan fingerprint density at radius 3 is 2.78 bits per heavy atom. The fourth-order valence-corrected chi connectivity index (χ4v) is 6.76. The Kier molecular flexibility index (Phi) is 5.39. The Morgan fingerprint density at radius 1 is 1.16 bits per heavy atom. The third-order valence-electron chi connectivity index (χ3n) is 6.44. The first-order chi connectivity index (χ1) is 15.5. The number of hydrogen-bond acceptors (Lipinski definition) is 6. The maximum Gasteiger partial charge on any atom is 0.179 e. The molecule has 0 aromatic carbocycles. The summed E-state index contributed by atoms with van der Waals surface area (Å²) in [5.41, 5.74) is 2.90. The van der Waals surface area contributed by atoms with E-state index in [0.29, 0.717) is 12.0 Å². The van der Waals surface area contributed by atoms with Gasteiger partial charge in [0.25, 0.3) is 0 Å². The monoisotopic (exact) mass is 448 g/mol. The molecule has 0 atom stereocenters. The third kappa shape index (κ3) is 3.86. The van der Waals surface area contributed by atoms with Gasteiger partial charge in [-0.15, -0.1) is 0 Å². The molecule has 1 fully saturated rings. The standard InChI is InChI=1S/C23H24N6O2S/c24-11-17-3-1-2-4-21(17)32(30,31)14-16-5-7-19(8-6-16)29-13-18(12-28-29)22-20-9-10-25-23(20)27-15-26-22/h3-4,9-10,12-13,15-16,19H,1-2,5-8,14H2,(H,25,26,27). The van der Waals surface area contributed by atoms with Crippen LogP contribution in [-0.2, 0) is 9.84 Å². The molecule has 1 saturated carbocycles. The zero-order chi connectivity index (χ0) is 22.1. The molecule has 9 heteroatoms. The number of fused-ring (bicyclic) bond motifs is 1. The molecule has 2 aliphatic rings. The van der Waals surface area contributed by atoms with Crippen LogP contribution in [0.3, 0.4) is 0 Å². The molecule has 3 heterocycles. The van der Waals surface area contributed by atoms with Crippen molar-refractivity contribution in [3.8, 4) is 17.3 Å². The second-order valence-electron chi connectivity index (χ2n) is 8.50. The van der Waals surface area contributed by atoms with E-state index in [9.17, 15) is 13.7 Å². The molecule has 0 unspecified atom stereocenters. The summed E-state index contributed by atoms with van der Waals surface area (Å²) in [6, 6.07) is 4.25. The van der Waals surface area contributed by atoms with Gasteiger partial charge in [-0.1, -0.05) is 12.2 Å². The van der Waals surface area contributed by atoms with Crippen molar-refractivity contribution in [1.82, 2.24) is 24.7 Å². The van der Waals surface area contributed by atoms with Gasteiger partial charge in [-0.3, -0.25) is 4.68 Å². The Bertz CT molecular complexity index is 1350. The zero-order valence-corrected chi connectivity index (χ0v) is 18.4. The highest BCUT2D eigenvalue weighted by molar-refractivity contribution is 7.95. The lowest BCUT2D eigenvalue weighted by molar-refractivity contribution is 0.275. The molecule has 1 N–H and O–H groups in total. The van der Waals surface area contributed by atoms with Gasteiger partial charge in [0, 0.05) is 23.3 Å². The van der Waals surface area contributed by atoms with Gasteiger partial charge >= 0.3 is 0 Å². The van der Waals surface area contributed by atoms with Gasteiger partial charge in [0.2, 0.25) is 0 Å². The van der Waals surface area contributed by atoms with E-state index < -0.39 is 9.84 Å². The Labute approximate surface area is 186 Å². The Balaban J connectivity index is 1.25. The average Bonchev–Trinajstić information content (AvgIpc) is 3.49. The highest BCUT2D eigenvalue weighted by Crippen LogP contribution is 2.35. The van der Waals surface area contributed by atoms with Crippen LogP contribution in [-0.4, -0.2) is 38.9 Å². The second-order valence-corrected chi connectivity index (χ2v) is 10.5. The minimum absolute atomic E-state index is 0.107. The van der Waals surface area contributed by atoms with Gasteiger partial charge in [0.15, 0.2) is 9.84 Å². The quantitative estimate of drug-likeness (QED) is 0.628. The fourth-order valence-electron chi connectivity index (χ4n) is 4.79. The van der Waals surface area contributed by atoms with Crippen LogP contribution in [0.2, 0.25) is 0 Å². The van der Waals surface area contributed by atoms with Gasteiger partial charge in [0.05, 0.1) is 34.2 Å². The summed E-state index contributed by atoms with van der Waals surface area (Å²) in [5.74, 6) is 0.219. The number of rotatable bonds is 5. The number of sulfone groups is 1. The number of allylic oxidation sites excluding steroid dienone is 3. The van der Waals surface area contributed by atoms with Crippen molar-refractivity contribution in [3.63, 3.8) is 0 Å². The predicted octanol–water partition coefficient (Wildman–Crippen LogP) is 4.10. The number of nitrogens with one attached hydrogen (secondary N) is 1. The molecule has 0 spiro atoms. The minimum Gasteiger partial charge on any atom is -0.346 e. The molecular formula is C23H24N6O2S. The molecule has 0 radical (unpaired) electrons. The molecule has 0 amide bonds. The second kappa shape index (κ2) is 8.36. The van der Waals surface area contributed by atoms with E-state index in [1.54, 1.807) is 18.5 Å². The molecule has 3 aromatic rings. The van der Waals surface area contributed by atoms with Crippen LogP contribution in [0.25, 0.3) is 22.3 Å². The SMILES string of the molecule is N#CC1=CCCC=C1S(=O)(=O)CC1CCC(n2cc(-c3ncnc4[nH]ccc34)cn2)CC1. The molecular weight excluding hydrogens is 424 g/mol. The van der Waals surface area contributed by atoms with E-state index in [0.717, 1.165) is 54.4 Å². The first-order valence-corrected chi connectivity index (χ1v) is 12.6. The van der Waals surface area contributed by atoms with Crippen molar-refractivity contribution in [2.75, 3.05) is 5.75 Å². The largest absolute Gasteiger partial charge is 0.346 e. The van der Waals surface area contributed by atoms with E-state index in [4.69, 9.17) is 0 Å². The summed E-state index contributed by atoms with van der Waals surface area (Å²) < 4.78 is 27.8. The average molecular weight is 449 g/mol. The third-order valence-corrected chi connectivity index (χ3v) is 8.41. The normalized spacial score (nSPS) is 21.7. The fraction of sp³-hybridized carbons (Fsp3) is 0.391. The molecule has 0 bridgehead atoms. The molecule has 5 rings (SSSR count). The summed E-state index contributed by atoms with van der Waals surface area (Å²) in [7, 11) is -3.44. The van der Waals surface area contributed by atoms with Gasteiger partial charge in [-0.05, 0) is 50.5 Å². The van der Waals surface area contributed by atoms with E-state index in [-0.39, 0.29) is 22.6 Å². The van der Waals surface area contributed by atoms with E-state index in [1.807, 2.05) is 35.4 Å². The molecule has 3 aromatic heterocycles. The van der Waals surface area contributed by atoms with Crippen LogP contribution in [0, 0.1) is 17.2 Å². The molecule has 8 nitrogen and oxygen atoms in total. The van der Waals surface area contributed by atoms with Crippen molar-refractivity contribution in [3.05, 3.63) is 53.6 Å². The number of nitrogens with zero attached hydrogens (tertiary/aromatic N) is 5. The van der Waals surface area contributed by atoms with Crippen LogP contribution in [0.5, 0.6) is 0 Å². The minimum atomic E-state index is -3.44. The molecule has 0 aliphatic heterocycles. The van der Waals surface area contributed by atoms with Gasteiger partial charge < -0.3 is 4.98 Å². The van der Waals surface area contributed by atoms with Crippen molar-refractivity contribution >= 4 is 20.9 Å². The number of nitriles is 1. The summed E-state index contributed by atoms with van der Waals surface area (Å²) >= 11 is 0. The lowest BCUT2D eigenvalue weighted by atomic mass is 9.87.